The smallest absolute Gasteiger partial charge is 0.339 e. The van der Waals surface area contributed by atoms with Gasteiger partial charge in [0.1, 0.15) is 0 Å². The van der Waals surface area contributed by atoms with Crippen LogP contribution in [0.25, 0.3) is 0 Å². The number of Topliss-reactive ketones (excluding diaryl/α,β-unsaturated/α-hetero) is 1. The van der Waals surface area contributed by atoms with Crippen molar-refractivity contribution in [3.63, 3.8) is 0 Å². The molecule has 30 heavy (non-hydrogen) atoms. The summed E-state index contributed by atoms with van der Waals surface area (Å²) in [5.74, 6) is -1.68. The molecule has 3 unspecified atom stereocenters. The van der Waals surface area contributed by atoms with Crippen molar-refractivity contribution in [1.82, 2.24) is 0 Å². The molecule has 3 atom stereocenters. The second-order valence-electron chi connectivity index (χ2n) is 8.18. The lowest BCUT2D eigenvalue weighted by atomic mass is 9.81. The van der Waals surface area contributed by atoms with Crippen LogP contribution in [0.4, 0.5) is 0 Å². The fourth-order valence-corrected chi connectivity index (χ4v) is 4.60. The Kier molecular flexibility index (Phi) is 6.09. The Labute approximate surface area is 185 Å². The maximum atomic E-state index is 13.1. The fourth-order valence-electron chi connectivity index (χ4n) is 4.33. The van der Waals surface area contributed by atoms with Crippen molar-refractivity contribution in [2.24, 2.45) is 11.8 Å². The van der Waals surface area contributed by atoms with E-state index in [1.165, 1.54) is 0 Å². The summed E-state index contributed by atoms with van der Waals surface area (Å²) in [4.78, 5) is 26.1. The van der Waals surface area contributed by atoms with E-state index in [4.69, 9.17) is 4.74 Å². The van der Waals surface area contributed by atoms with Crippen LogP contribution in [0.1, 0.15) is 43.2 Å². The number of benzene rings is 2. The number of carbonyl (C=O) groups is 2. The molecule has 0 saturated heterocycles. The molecule has 5 heteroatoms. The van der Waals surface area contributed by atoms with Gasteiger partial charge >= 0.3 is 5.97 Å². The zero-order valence-electron chi connectivity index (χ0n) is 16.9. The normalized spacial score (nSPS) is 21.3. The average molecular weight is 469 g/mol. The molecule has 2 aromatic carbocycles. The van der Waals surface area contributed by atoms with Gasteiger partial charge in [0.2, 0.25) is 5.78 Å². The summed E-state index contributed by atoms with van der Waals surface area (Å²) < 4.78 is 6.68. The second-order valence-corrected chi connectivity index (χ2v) is 9.09. The van der Waals surface area contributed by atoms with Gasteiger partial charge in [-0.05, 0) is 54.9 Å². The van der Waals surface area contributed by atoms with Crippen molar-refractivity contribution in [3.05, 3.63) is 81.5 Å². The SMILES string of the molecule is CCC(Cc1ccc(Br)cc1)C1OC(=O)C(C(c2ccccc2)C2CC2)=C(O)C1=O. The lowest BCUT2D eigenvalue weighted by Crippen LogP contribution is -2.42. The molecule has 1 aliphatic carbocycles. The van der Waals surface area contributed by atoms with Crippen molar-refractivity contribution in [2.75, 3.05) is 0 Å². The first kappa shape index (κ1) is 20.9. The molecule has 156 valence electrons. The first-order valence-corrected chi connectivity index (χ1v) is 11.3. The summed E-state index contributed by atoms with van der Waals surface area (Å²) in [7, 11) is 0. The average Bonchev–Trinajstić information content (AvgIpc) is 3.59. The van der Waals surface area contributed by atoms with Crippen molar-refractivity contribution < 1.29 is 19.4 Å². The quantitative estimate of drug-likeness (QED) is 0.543. The number of aliphatic hydroxyl groups excluding tert-OH is 1. The number of carbonyl (C=O) groups excluding carboxylic acids is 2. The number of esters is 1. The Hall–Kier alpha value is -2.40. The monoisotopic (exact) mass is 468 g/mol. The van der Waals surface area contributed by atoms with Gasteiger partial charge in [0.25, 0.3) is 0 Å². The molecule has 1 heterocycles. The molecule has 0 amide bonds. The van der Waals surface area contributed by atoms with Gasteiger partial charge in [-0.25, -0.2) is 4.79 Å². The Morgan fingerprint density at radius 2 is 1.73 bits per heavy atom. The van der Waals surface area contributed by atoms with E-state index in [9.17, 15) is 14.7 Å². The number of aliphatic hydroxyl groups is 1. The predicted octanol–water partition coefficient (Wildman–Crippen LogP) is 5.52. The van der Waals surface area contributed by atoms with E-state index >= 15 is 0 Å². The highest BCUT2D eigenvalue weighted by molar-refractivity contribution is 9.10. The molecule has 0 spiro atoms. The van der Waals surface area contributed by atoms with Gasteiger partial charge in [-0.3, -0.25) is 4.79 Å². The Balaban J connectivity index is 1.62. The van der Waals surface area contributed by atoms with Gasteiger partial charge in [-0.1, -0.05) is 65.3 Å². The van der Waals surface area contributed by atoms with Crippen LogP contribution < -0.4 is 0 Å². The number of ketones is 1. The topological polar surface area (TPSA) is 63.6 Å². The zero-order chi connectivity index (χ0) is 21.3. The molecule has 0 radical (unpaired) electrons. The highest BCUT2D eigenvalue weighted by Gasteiger charge is 2.47. The molecule has 2 aliphatic rings. The molecule has 4 nitrogen and oxygen atoms in total. The largest absolute Gasteiger partial charge is 0.504 e. The van der Waals surface area contributed by atoms with E-state index in [2.05, 4.69) is 15.9 Å². The molecule has 4 rings (SSSR count). The molecule has 1 N–H and O–H groups in total. The van der Waals surface area contributed by atoms with Crippen LogP contribution >= 0.6 is 15.9 Å². The first-order chi connectivity index (χ1) is 14.5. The van der Waals surface area contributed by atoms with Crippen LogP contribution in [0.3, 0.4) is 0 Å². The minimum atomic E-state index is -0.953. The molecule has 0 bridgehead atoms. The van der Waals surface area contributed by atoms with E-state index in [0.29, 0.717) is 12.8 Å². The number of hydrogen-bond acceptors (Lipinski definition) is 4. The first-order valence-electron chi connectivity index (χ1n) is 10.5. The molecular formula is C25H25BrO4. The van der Waals surface area contributed by atoms with Gasteiger partial charge in [0, 0.05) is 16.3 Å². The van der Waals surface area contributed by atoms with Crippen LogP contribution in [0, 0.1) is 11.8 Å². The Morgan fingerprint density at radius 1 is 1.07 bits per heavy atom. The third-order valence-electron chi connectivity index (χ3n) is 6.13. The summed E-state index contributed by atoms with van der Waals surface area (Å²) >= 11 is 3.42. The molecule has 2 aromatic rings. The lowest BCUT2D eigenvalue weighted by molar-refractivity contribution is -0.158. The van der Waals surface area contributed by atoms with Gasteiger partial charge < -0.3 is 9.84 Å². The third kappa shape index (κ3) is 4.22. The Bertz CT molecular complexity index is 960. The van der Waals surface area contributed by atoms with Crippen molar-refractivity contribution >= 4 is 27.7 Å². The van der Waals surface area contributed by atoms with E-state index in [1.54, 1.807) is 0 Å². The second kappa shape index (κ2) is 8.76. The maximum absolute atomic E-state index is 13.1. The summed E-state index contributed by atoms with van der Waals surface area (Å²) in [5.41, 5.74) is 2.12. The van der Waals surface area contributed by atoms with Crippen molar-refractivity contribution in [3.8, 4) is 0 Å². The number of hydrogen-bond donors (Lipinski definition) is 1. The summed E-state index contributed by atoms with van der Waals surface area (Å²) in [6.07, 6.45) is 2.25. The van der Waals surface area contributed by atoms with E-state index in [-0.39, 0.29) is 23.3 Å². The minimum Gasteiger partial charge on any atom is -0.504 e. The summed E-state index contributed by atoms with van der Waals surface area (Å²) in [6, 6.07) is 17.5. The Morgan fingerprint density at radius 3 is 2.33 bits per heavy atom. The standard InChI is InChI=1S/C25H25BrO4/c1-2-16(14-15-8-12-19(26)13-9-15)24-23(28)22(27)21(25(29)30-24)20(18-10-11-18)17-6-4-3-5-7-17/h3-9,12-13,16,18,20,24,27H,2,10-11,14H2,1H3. The number of cyclic esters (lactones) is 1. The zero-order valence-corrected chi connectivity index (χ0v) is 18.5. The van der Waals surface area contributed by atoms with Crippen LogP contribution in [0.15, 0.2) is 70.4 Å². The highest BCUT2D eigenvalue weighted by Crippen LogP contribution is 2.48. The van der Waals surface area contributed by atoms with E-state index < -0.39 is 23.6 Å². The highest BCUT2D eigenvalue weighted by atomic mass is 79.9. The van der Waals surface area contributed by atoms with Crippen molar-refractivity contribution in [1.29, 1.82) is 0 Å². The molecule has 1 aliphatic heterocycles. The van der Waals surface area contributed by atoms with Crippen LogP contribution in [0.2, 0.25) is 0 Å². The van der Waals surface area contributed by atoms with Crippen molar-refractivity contribution in [2.45, 2.75) is 44.6 Å². The number of ether oxygens (including phenoxy) is 1. The number of rotatable bonds is 7. The van der Waals surface area contributed by atoms with Crippen LogP contribution in [-0.2, 0) is 20.7 Å². The van der Waals surface area contributed by atoms with Gasteiger partial charge in [0.15, 0.2) is 11.9 Å². The maximum Gasteiger partial charge on any atom is 0.339 e. The minimum absolute atomic E-state index is 0.128. The summed E-state index contributed by atoms with van der Waals surface area (Å²) in [5, 5.41) is 10.9. The van der Waals surface area contributed by atoms with E-state index in [1.807, 2.05) is 61.5 Å². The molecule has 1 saturated carbocycles. The molecule has 1 fully saturated rings. The lowest BCUT2D eigenvalue weighted by Gasteiger charge is -2.31. The number of halogens is 1. The predicted molar refractivity (Wildman–Crippen MR) is 118 cm³/mol. The van der Waals surface area contributed by atoms with Gasteiger partial charge in [0.05, 0.1) is 5.57 Å². The van der Waals surface area contributed by atoms with E-state index in [0.717, 1.165) is 28.4 Å². The summed E-state index contributed by atoms with van der Waals surface area (Å²) in [6.45, 7) is 1.97. The molecule has 0 aromatic heterocycles. The van der Waals surface area contributed by atoms with Crippen LogP contribution in [0.5, 0.6) is 0 Å². The van der Waals surface area contributed by atoms with Gasteiger partial charge in [-0.15, -0.1) is 0 Å². The third-order valence-corrected chi connectivity index (χ3v) is 6.66. The van der Waals surface area contributed by atoms with Crippen LogP contribution in [-0.4, -0.2) is 23.0 Å². The fraction of sp³-hybridized carbons (Fsp3) is 0.360. The molecular weight excluding hydrogens is 444 g/mol. The van der Waals surface area contributed by atoms with Gasteiger partial charge in [-0.2, -0.15) is 0 Å².